The Balaban J connectivity index is 2.73. The standard InChI is InChI=1S/C27H48N2O5/c1-7-9-12-29-27(31)20(5)15-24(30)23(28)18-22(19(3)4)16-21-10-11-25(32-6)26(17-21)34-14-13-33-8-2/h10-11,17,19-20,22-24,30H,7-9,12-16,18,28H2,1-6H3,(H,29,31)/t20-,22+,23+,24+/m1/s1. The van der Waals surface area contributed by atoms with Crippen LogP contribution in [0.2, 0.25) is 0 Å². The highest BCUT2D eigenvalue weighted by Gasteiger charge is 2.26. The Hall–Kier alpha value is -1.83. The summed E-state index contributed by atoms with van der Waals surface area (Å²) in [5.41, 5.74) is 7.54. The molecule has 196 valence electrons. The number of benzene rings is 1. The first-order chi connectivity index (χ1) is 16.2. The zero-order chi connectivity index (χ0) is 25.5. The molecule has 0 saturated heterocycles. The maximum atomic E-state index is 12.3. The van der Waals surface area contributed by atoms with Crippen LogP contribution in [0.1, 0.15) is 65.9 Å². The van der Waals surface area contributed by atoms with E-state index in [1.165, 1.54) is 0 Å². The predicted octanol–water partition coefficient (Wildman–Crippen LogP) is 3.95. The van der Waals surface area contributed by atoms with Crippen LogP contribution in [-0.2, 0) is 16.0 Å². The zero-order valence-electron chi connectivity index (χ0n) is 22.1. The Morgan fingerprint density at radius 1 is 1.12 bits per heavy atom. The van der Waals surface area contributed by atoms with Gasteiger partial charge in [-0.3, -0.25) is 4.79 Å². The molecule has 0 aliphatic rings. The summed E-state index contributed by atoms with van der Waals surface area (Å²) in [6.07, 6.45) is 3.13. The molecule has 0 unspecified atom stereocenters. The molecule has 34 heavy (non-hydrogen) atoms. The van der Waals surface area contributed by atoms with Crippen LogP contribution in [0.5, 0.6) is 11.5 Å². The third-order valence-electron chi connectivity index (χ3n) is 6.30. The van der Waals surface area contributed by atoms with Gasteiger partial charge in [0.15, 0.2) is 11.5 Å². The molecule has 0 aliphatic heterocycles. The lowest BCUT2D eigenvalue weighted by Gasteiger charge is -2.28. The average Bonchev–Trinajstić information content (AvgIpc) is 2.81. The fourth-order valence-corrected chi connectivity index (χ4v) is 3.92. The minimum atomic E-state index is -0.721. The van der Waals surface area contributed by atoms with Crippen LogP contribution >= 0.6 is 0 Å². The smallest absolute Gasteiger partial charge is 0.222 e. The number of unbranched alkanes of at least 4 members (excludes halogenated alkanes) is 1. The molecule has 1 aromatic rings. The van der Waals surface area contributed by atoms with Crippen molar-refractivity contribution in [1.82, 2.24) is 5.32 Å². The van der Waals surface area contributed by atoms with Gasteiger partial charge in [-0.25, -0.2) is 0 Å². The third-order valence-corrected chi connectivity index (χ3v) is 6.30. The van der Waals surface area contributed by atoms with Gasteiger partial charge in [0.05, 0.1) is 19.8 Å². The number of carbonyl (C=O) groups excluding carboxylic acids is 1. The van der Waals surface area contributed by atoms with Gasteiger partial charge in [0.25, 0.3) is 0 Å². The number of methoxy groups -OCH3 is 1. The molecule has 0 saturated carbocycles. The van der Waals surface area contributed by atoms with Crippen molar-refractivity contribution in [1.29, 1.82) is 0 Å². The lowest BCUT2D eigenvalue weighted by molar-refractivity contribution is -0.125. The van der Waals surface area contributed by atoms with Gasteiger partial charge in [0, 0.05) is 25.1 Å². The fourth-order valence-electron chi connectivity index (χ4n) is 3.92. The van der Waals surface area contributed by atoms with Gasteiger partial charge >= 0.3 is 0 Å². The SMILES string of the molecule is CCCCNC(=O)[C@H](C)C[C@H](O)[C@@H](N)C[C@H](Cc1ccc(OC)c(OCCOCC)c1)C(C)C. The van der Waals surface area contributed by atoms with Crippen LogP contribution in [0, 0.1) is 17.8 Å². The zero-order valence-corrected chi connectivity index (χ0v) is 22.1. The molecule has 1 aromatic carbocycles. The average molecular weight is 481 g/mol. The van der Waals surface area contributed by atoms with E-state index in [1.54, 1.807) is 7.11 Å². The summed E-state index contributed by atoms with van der Waals surface area (Å²) >= 11 is 0. The normalized spacial score (nSPS) is 15.0. The number of aliphatic hydroxyl groups excluding tert-OH is 1. The summed E-state index contributed by atoms with van der Waals surface area (Å²) < 4.78 is 16.7. The second kappa shape index (κ2) is 16.7. The summed E-state index contributed by atoms with van der Waals surface area (Å²) in [4.78, 5) is 12.3. The fraction of sp³-hybridized carbons (Fsp3) is 0.741. The molecule has 0 heterocycles. The van der Waals surface area contributed by atoms with E-state index < -0.39 is 12.1 Å². The minimum absolute atomic E-state index is 0.0183. The number of ether oxygens (including phenoxy) is 3. The van der Waals surface area contributed by atoms with Crippen molar-refractivity contribution >= 4 is 5.91 Å². The molecular weight excluding hydrogens is 432 g/mol. The molecule has 0 spiro atoms. The molecule has 0 radical (unpaired) electrons. The van der Waals surface area contributed by atoms with E-state index >= 15 is 0 Å². The van der Waals surface area contributed by atoms with Crippen LogP contribution < -0.4 is 20.5 Å². The van der Waals surface area contributed by atoms with Gasteiger partial charge in [0.1, 0.15) is 6.61 Å². The largest absolute Gasteiger partial charge is 0.493 e. The minimum Gasteiger partial charge on any atom is -0.493 e. The van der Waals surface area contributed by atoms with Gasteiger partial charge < -0.3 is 30.4 Å². The lowest BCUT2D eigenvalue weighted by atomic mass is 9.82. The van der Waals surface area contributed by atoms with E-state index in [0.29, 0.717) is 56.6 Å². The molecule has 1 rings (SSSR count). The molecule has 7 heteroatoms. The second-order valence-electron chi connectivity index (χ2n) is 9.49. The van der Waals surface area contributed by atoms with Crippen LogP contribution in [0.25, 0.3) is 0 Å². The number of hydrogen-bond acceptors (Lipinski definition) is 6. The number of nitrogens with one attached hydrogen (secondary N) is 1. The second-order valence-corrected chi connectivity index (χ2v) is 9.49. The van der Waals surface area contributed by atoms with Gasteiger partial charge in [-0.2, -0.15) is 0 Å². The highest BCUT2D eigenvalue weighted by atomic mass is 16.5. The highest BCUT2D eigenvalue weighted by Crippen LogP contribution is 2.31. The van der Waals surface area contributed by atoms with Gasteiger partial charge in [-0.1, -0.05) is 40.2 Å². The van der Waals surface area contributed by atoms with E-state index in [9.17, 15) is 9.90 Å². The lowest BCUT2D eigenvalue weighted by Crippen LogP contribution is -2.41. The van der Waals surface area contributed by atoms with Crippen molar-refractivity contribution in [2.75, 3.05) is 33.5 Å². The van der Waals surface area contributed by atoms with Crippen molar-refractivity contribution in [2.24, 2.45) is 23.5 Å². The summed E-state index contributed by atoms with van der Waals surface area (Å²) in [7, 11) is 1.63. The van der Waals surface area contributed by atoms with E-state index in [4.69, 9.17) is 19.9 Å². The molecule has 4 atom stereocenters. The van der Waals surface area contributed by atoms with Crippen LogP contribution in [-0.4, -0.2) is 56.6 Å². The number of hydrogen-bond donors (Lipinski definition) is 3. The first kappa shape index (κ1) is 30.2. The summed E-state index contributed by atoms with van der Waals surface area (Å²) in [6, 6.07) is 5.61. The number of carbonyl (C=O) groups is 1. The van der Waals surface area contributed by atoms with Crippen molar-refractivity contribution in [3.63, 3.8) is 0 Å². The van der Waals surface area contributed by atoms with Crippen LogP contribution in [0.3, 0.4) is 0 Å². The number of rotatable bonds is 18. The molecule has 0 fully saturated rings. The Morgan fingerprint density at radius 3 is 2.47 bits per heavy atom. The Labute approximate surface area is 206 Å². The molecule has 1 amide bonds. The summed E-state index contributed by atoms with van der Waals surface area (Å²) in [5, 5.41) is 13.6. The van der Waals surface area contributed by atoms with Gasteiger partial charge in [-0.05, 0) is 62.1 Å². The maximum Gasteiger partial charge on any atom is 0.222 e. The number of nitrogens with two attached hydrogens (primary N) is 1. The predicted molar refractivity (Wildman–Crippen MR) is 137 cm³/mol. The van der Waals surface area contributed by atoms with Crippen LogP contribution in [0.4, 0.5) is 0 Å². The molecule has 4 N–H and O–H groups in total. The van der Waals surface area contributed by atoms with E-state index in [-0.39, 0.29) is 17.7 Å². The van der Waals surface area contributed by atoms with Crippen molar-refractivity contribution < 1.29 is 24.1 Å². The van der Waals surface area contributed by atoms with Crippen LogP contribution in [0.15, 0.2) is 18.2 Å². The summed E-state index contributed by atoms with van der Waals surface area (Å²) in [6.45, 7) is 12.6. The van der Waals surface area contributed by atoms with Crippen molar-refractivity contribution in [3.05, 3.63) is 23.8 Å². The quantitative estimate of drug-likeness (QED) is 0.275. The van der Waals surface area contributed by atoms with E-state index in [1.807, 2.05) is 32.0 Å². The monoisotopic (exact) mass is 480 g/mol. The molecule has 7 nitrogen and oxygen atoms in total. The topological polar surface area (TPSA) is 103 Å². The molecule has 0 aromatic heterocycles. The Kier molecular flexibility index (Phi) is 14.9. The number of amides is 1. The first-order valence-electron chi connectivity index (χ1n) is 12.8. The maximum absolute atomic E-state index is 12.3. The van der Waals surface area contributed by atoms with E-state index in [0.717, 1.165) is 24.8 Å². The van der Waals surface area contributed by atoms with Gasteiger partial charge in [-0.15, -0.1) is 0 Å². The Bertz CT molecular complexity index is 698. The molecule has 0 bridgehead atoms. The Morgan fingerprint density at radius 2 is 1.85 bits per heavy atom. The molecular formula is C27H48N2O5. The number of aliphatic hydroxyl groups is 1. The van der Waals surface area contributed by atoms with Crippen molar-refractivity contribution in [2.45, 2.75) is 78.9 Å². The highest BCUT2D eigenvalue weighted by molar-refractivity contribution is 5.78. The third kappa shape index (κ3) is 11.1. The molecule has 0 aliphatic carbocycles. The first-order valence-corrected chi connectivity index (χ1v) is 12.8. The van der Waals surface area contributed by atoms with E-state index in [2.05, 4.69) is 26.1 Å². The van der Waals surface area contributed by atoms with Crippen molar-refractivity contribution in [3.8, 4) is 11.5 Å². The van der Waals surface area contributed by atoms with Gasteiger partial charge in [0.2, 0.25) is 5.91 Å². The summed E-state index contributed by atoms with van der Waals surface area (Å²) in [5.74, 6) is 1.78.